The Balaban J connectivity index is 1.76. The topological polar surface area (TPSA) is 67.8 Å². The molecule has 0 bridgehead atoms. The number of methoxy groups -OCH3 is 2. The molecule has 1 amide bonds. The number of carbonyl (C=O) groups excluding carboxylic acids is 1. The van der Waals surface area contributed by atoms with E-state index in [-0.39, 0.29) is 23.2 Å². The van der Waals surface area contributed by atoms with Gasteiger partial charge in [-0.25, -0.2) is 9.97 Å². The number of piperazine rings is 1. The zero-order valence-electron chi connectivity index (χ0n) is 15.7. The number of aromatic nitrogens is 2. The van der Waals surface area contributed by atoms with Crippen LogP contribution in [0.15, 0.2) is 24.5 Å². The van der Waals surface area contributed by atoms with Crippen molar-refractivity contribution in [2.45, 2.75) is 13.8 Å². The number of aryl methyl sites for hydroxylation is 1. The molecule has 0 atom stereocenters. The molecule has 0 unspecified atom stereocenters. The number of anilines is 1. The van der Waals surface area contributed by atoms with E-state index in [9.17, 15) is 4.79 Å². The summed E-state index contributed by atoms with van der Waals surface area (Å²) in [6, 6.07) is 6.33. The first-order valence-corrected chi connectivity index (χ1v) is 8.60. The molecule has 2 heterocycles. The van der Waals surface area contributed by atoms with Gasteiger partial charge < -0.3 is 19.3 Å². The van der Waals surface area contributed by atoms with Gasteiger partial charge in [-0.15, -0.1) is 0 Å². The van der Waals surface area contributed by atoms with Crippen LogP contribution in [0.5, 0.6) is 11.8 Å². The Morgan fingerprint density at radius 3 is 2.19 bits per heavy atom. The second kappa shape index (κ2) is 7.59. The summed E-state index contributed by atoms with van der Waals surface area (Å²) < 4.78 is 10.5. The van der Waals surface area contributed by atoms with E-state index in [4.69, 9.17) is 9.47 Å². The summed E-state index contributed by atoms with van der Waals surface area (Å²) in [5.74, 6) is 0.303. The number of hydrogen-bond acceptors (Lipinski definition) is 6. The number of amides is 1. The molecular weight excluding hydrogens is 332 g/mol. The number of carbonyl (C=O) groups is 1. The van der Waals surface area contributed by atoms with E-state index in [0.29, 0.717) is 13.1 Å². The molecule has 1 fully saturated rings. The van der Waals surface area contributed by atoms with Crippen molar-refractivity contribution >= 4 is 11.6 Å². The van der Waals surface area contributed by atoms with Crippen molar-refractivity contribution in [3.05, 3.63) is 41.2 Å². The Labute approximate surface area is 153 Å². The van der Waals surface area contributed by atoms with Crippen molar-refractivity contribution in [1.82, 2.24) is 14.9 Å². The van der Waals surface area contributed by atoms with Gasteiger partial charge >= 0.3 is 0 Å². The van der Waals surface area contributed by atoms with Crippen LogP contribution in [0.2, 0.25) is 0 Å². The molecule has 0 spiro atoms. The molecule has 26 heavy (non-hydrogen) atoms. The highest BCUT2D eigenvalue weighted by molar-refractivity contribution is 5.98. The third kappa shape index (κ3) is 3.29. The molecule has 7 heteroatoms. The molecule has 0 radical (unpaired) electrons. The van der Waals surface area contributed by atoms with Gasteiger partial charge in [0.25, 0.3) is 5.91 Å². The fourth-order valence-corrected chi connectivity index (χ4v) is 3.23. The van der Waals surface area contributed by atoms with Crippen LogP contribution in [-0.2, 0) is 0 Å². The highest BCUT2D eigenvalue weighted by Gasteiger charge is 2.29. The summed E-state index contributed by atoms with van der Waals surface area (Å²) in [6.45, 7) is 7.04. The molecule has 1 aromatic heterocycles. The minimum Gasteiger partial charge on any atom is -0.480 e. The first kappa shape index (κ1) is 18.0. The molecule has 1 aliphatic rings. The van der Waals surface area contributed by atoms with Crippen LogP contribution in [-0.4, -0.2) is 61.2 Å². The number of nitrogens with zero attached hydrogens (tertiary/aromatic N) is 4. The molecule has 0 saturated carbocycles. The maximum absolute atomic E-state index is 13.0. The van der Waals surface area contributed by atoms with E-state index >= 15 is 0 Å². The summed E-state index contributed by atoms with van der Waals surface area (Å²) in [4.78, 5) is 25.2. The lowest BCUT2D eigenvalue weighted by atomic mass is 10.1. The Hall–Kier alpha value is -2.83. The van der Waals surface area contributed by atoms with Crippen LogP contribution >= 0.6 is 0 Å². The SMILES string of the molecule is COc1ncnc(OC)c1C(=O)N1CCN(c2cccc(C)c2C)CC1. The molecule has 1 aliphatic heterocycles. The highest BCUT2D eigenvalue weighted by Crippen LogP contribution is 2.27. The summed E-state index contributed by atoms with van der Waals surface area (Å²) in [6.07, 6.45) is 1.33. The Morgan fingerprint density at radius 2 is 1.62 bits per heavy atom. The zero-order chi connectivity index (χ0) is 18.7. The van der Waals surface area contributed by atoms with Gasteiger partial charge in [0.15, 0.2) is 5.56 Å². The maximum Gasteiger partial charge on any atom is 0.265 e. The van der Waals surface area contributed by atoms with Gasteiger partial charge in [-0.05, 0) is 31.0 Å². The second-order valence-corrected chi connectivity index (χ2v) is 6.27. The van der Waals surface area contributed by atoms with Crippen molar-refractivity contribution in [1.29, 1.82) is 0 Å². The lowest BCUT2D eigenvalue weighted by molar-refractivity contribution is 0.0737. The van der Waals surface area contributed by atoms with Crippen LogP contribution in [0.3, 0.4) is 0 Å². The first-order valence-electron chi connectivity index (χ1n) is 8.60. The first-order chi connectivity index (χ1) is 12.6. The summed E-state index contributed by atoms with van der Waals surface area (Å²) in [7, 11) is 2.97. The van der Waals surface area contributed by atoms with Crippen LogP contribution < -0.4 is 14.4 Å². The standard InChI is InChI=1S/C19H24N4O3/c1-13-6-5-7-15(14(13)2)22-8-10-23(11-9-22)19(24)16-17(25-3)20-12-21-18(16)26-4/h5-7,12H,8-11H2,1-4H3. The predicted octanol–water partition coefficient (Wildman–Crippen LogP) is 2.07. The lowest BCUT2D eigenvalue weighted by Gasteiger charge is -2.37. The summed E-state index contributed by atoms with van der Waals surface area (Å²) in [5.41, 5.74) is 4.07. The minimum atomic E-state index is -0.167. The van der Waals surface area contributed by atoms with E-state index in [1.807, 2.05) is 0 Å². The maximum atomic E-state index is 13.0. The molecule has 0 aliphatic carbocycles. The number of ether oxygens (including phenoxy) is 2. The van der Waals surface area contributed by atoms with Crippen molar-refractivity contribution in [2.24, 2.45) is 0 Å². The third-order valence-corrected chi connectivity index (χ3v) is 4.86. The molecule has 138 valence electrons. The molecule has 7 nitrogen and oxygen atoms in total. The van der Waals surface area contributed by atoms with Gasteiger partial charge in [0.2, 0.25) is 11.8 Å². The molecule has 0 N–H and O–H groups in total. The van der Waals surface area contributed by atoms with Crippen LogP contribution in [0.4, 0.5) is 5.69 Å². The van der Waals surface area contributed by atoms with Gasteiger partial charge in [0, 0.05) is 31.9 Å². The Bertz CT molecular complexity index is 779. The average molecular weight is 356 g/mol. The second-order valence-electron chi connectivity index (χ2n) is 6.27. The molecule has 1 aromatic carbocycles. The van der Waals surface area contributed by atoms with Gasteiger partial charge in [-0.2, -0.15) is 0 Å². The van der Waals surface area contributed by atoms with E-state index in [1.54, 1.807) is 4.90 Å². The fraction of sp³-hybridized carbons (Fsp3) is 0.421. The Morgan fingerprint density at radius 1 is 1.00 bits per heavy atom. The number of hydrogen-bond donors (Lipinski definition) is 0. The van der Waals surface area contributed by atoms with Crippen molar-refractivity contribution in [2.75, 3.05) is 45.3 Å². The van der Waals surface area contributed by atoms with Crippen LogP contribution in [0.1, 0.15) is 21.5 Å². The molecular formula is C19H24N4O3. The average Bonchev–Trinajstić information content (AvgIpc) is 2.69. The molecule has 1 saturated heterocycles. The van der Waals surface area contributed by atoms with E-state index < -0.39 is 0 Å². The largest absolute Gasteiger partial charge is 0.480 e. The minimum absolute atomic E-state index is 0.167. The van der Waals surface area contributed by atoms with E-state index in [1.165, 1.54) is 37.4 Å². The highest BCUT2D eigenvalue weighted by atomic mass is 16.5. The van der Waals surface area contributed by atoms with Gasteiger partial charge in [0.05, 0.1) is 14.2 Å². The van der Waals surface area contributed by atoms with Gasteiger partial charge in [-0.1, -0.05) is 12.1 Å². The normalized spacial score (nSPS) is 14.3. The number of benzene rings is 1. The van der Waals surface area contributed by atoms with Crippen molar-refractivity contribution in [3.8, 4) is 11.8 Å². The van der Waals surface area contributed by atoms with Crippen molar-refractivity contribution in [3.63, 3.8) is 0 Å². The fourth-order valence-electron chi connectivity index (χ4n) is 3.23. The third-order valence-electron chi connectivity index (χ3n) is 4.86. The summed E-state index contributed by atoms with van der Waals surface area (Å²) in [5, 5.41) is 0. The summed E-state index contributed by atoms with van der Waals surface area (Å²) >= 11 is 0. The van der Waals surface area contributed by atoms with E-state index in [0.717, 1.165) is 13.1 Å². The van der Waals surface area contributed by atoms with Gasteiger partial charge in [-0.3, -0.25) is 4.79 Å². The Kier molecular flexibility index (Phi) is 5.25. The van der Waals surface area contributed by atoms with Crippen LogP contribution in [0, 0.1) is 13.8 Å². The predicted molar refractivity (Wildman–Crippen MR) is 99.2 cm³/mol. The molecule has 3 rings (SSSR count). The lowest BCUT2D eigenvalue weighted by Crippen LogP contribution is -2.49. The monoisotopic (exact) mass is 356 g/mol. The zero-order valence-corrected chi connectivity index (χ0v) is 15.7. The van der Waals surface area contributed by atoms with Gasteiger partial charge in [0.1, 0.15) is 6.33 Å². The van der Waals surface area contributed by atoms with Crippen molar-refractivity contribution < 1.29 is 14.3 Å². The molecule has 2 aromatic rings. The van der Waals surface area contributed by atoms with E-state index in [2.05, 4.69) is 46.9 Å². The smallest absolute Gasteiger partial charge is 0.265 e. The van der Waals surface area contributed by atoms with Crippen LogP contribution in [0.25, 0.3) is 0 Å². The number of rotatable bonds is 4. The quantitative estimate of drug-likeness (QED) is 0.835.